The topological polar surface area (TPSA) is 52.8 Å². The third-order valence-corrected chi connectivity index (χ3v) is 4.08. The van der Waals surface area contributed by atoms with Crippen LogP contribution in [-0.4, -0.2) is 20.0 Å². The van der Waals surface area contributed by atoms with E-state index in [9.17, 15) is 0 Å². The average molecular weight is 375 g/mol. The van der Waals surface area contributed by atoms with E-state index in [1.807, 2.05) is 35.0 Å². The zero-order valence-corrected chi connectivity index (χ0v) is 15.0. The highest BCUT2D eigenvalue weighted by Crippen LogP contribution is 2.33. The summed E-state index contributed by atoms with van der Waals surface area (Å²) >= 11 is 3.59. The predicted molar refractivity (Wildman–Crippen MR) is 93.3 cm³/mol. The summed E-state index contributed by atoms with van der Waals surface area (Å²) in [5.74, 6) is 0.742. The molecule has 5 nitrogen and oxygen atoms in total. The highest BCUT2D eigenvalue weighted by Gasteiger charge is 2.17. The summed E-state index contributed by atoms with van der Waals surface area (Å²) in [7, 11) is 0. The summed E-state index contributed by atoms with van der Waals surface area (Å²) in [6, 6.07) is 9.71. The van der Waals surface area contributed by atoms with Gasteiger partial charge in [0.25, 0.3) is 0 Å². The van der Waals surface area contributed by atoms with Crippen LogP contribution in [0.25, 0.3) is 11.0 Å². The van der Waals surface area contributed by atoms with Crippen molar-refractivity contribution in [2.45, 2.75) is 33.9 Å². The zero-order chi connectivity index (χ0) is 16.4. The monoisotopic (exact) mass is 374 g/mol. The van der Waals surface area contributed by atoms with E-state index in [4.69, 9.17) is 4.74 Å². The first-order chi connectivity index (χ1) is 10.9. The van der Waals surface area contributed by atoms with E-state index in [-0.39, 0.29) is 5.41 Å². The number of fused-ring (bicyclic) bond motifs is 1. The molecule has 2 heterocycles. The quantitative estimate of drug-likeness (QED) is 0.685. The van der Waals surface area contributed by atoms with Gasteiger partial charge in [0.2, 0.25) is 0 Å². The first kappa shape index (κ1) is 15.9. The molecule has 0 radical (unpaired) electrons. The maximum Gasteiger partial charge on any atom is 0.136 e. The van der Waals surface area contributed by atoms with Crippen LogP contribution in [0.3, 0.4) is 0 Å². The molecule has 6 heteroatoms. The van der Waals surface area contributed by atoms with Crippen molar-refractivity contribution in [1.29, 1.82) is 0 Å². The fourth-order valence-electron chi connectivity index (χ4n) is 2.30. The van der Waals surface area contributed by atoms with E-state index in [1.54, 1.807) is 6.20 Å². The van der Waals surface area contributed by atoms with Gasteiger partial charge in [-0.25, -0.2) is 4.68 Å². The van der Waals surface area contributed by atoms with E-state index < -0.39 is 0 Å². The lowest BCUT2D eigenvalue weighted by Gasteiger charge is -2.18. The lowest BCUT2D eigenvalue weighted by Crippen LogP contribution is -2.16. The molecule has 0 aliphatic rings. The molecule has 120 valence electrons. The molecule has 3 aromatic rings. The maximum atomic E-state index is 5.85. The molecule has 1 aromatic carbocycles. The van der Waals surface area contributed by atoms with Crippen LogP contribution in [0, 0.1) is 5.41 Å². The molecule has 0 saturated carbocycles. The molecule has 0 saturated heterocycles. The van der Waals surface area contributed by atoms with Gasteiger partial charge in [0.15, 0.2) is 0 Å². The average Bonchev–Trinajstić information content (AvgIpc) is 2.89. The van der Waals surface area contributed by atoms with Gasteiger partial charge in [-0.2, -0.15) is 0 Å². The molecule has 2 aromatic heterocycles. The van der Waals surface area contributed by atoms with E-state index in [0.29, 0.717) is 6.61 Å². The minimum absolute atomic E-state index is 0.140. The van der Waals surface area contributed by atoms with Crippen LogP contribution >= 0.6 is 15.9 Å². The number of pyridine rings is 1. The highest BCUT2D eigenvalue weighted by atomic mass is 79.9. The fraction of sp³-hybridized carbons (Fsp3) is 0.353. The van der Waals surface area contributed by atoms with Crippen molar-refractivity contribution in [3.8, 4) is 5.75 Å². The second-order valence-corrected chi connectivity index (χ2v) is 7.46. The minimum atomic E-state index is 0.140. The second-order valence-electron chi connectivity index (χ2n) is 6.66. The largest absolute Gasteiger partial charge is 0.486 e. The van der Waals surface area contributed by atoms with Gasteiger partial charge in [-0.1, -0.05) is 32.1 Å². The van der Waals surface area contributed by atoms with Crippen LogP contribution in [0.4, 0.5) is 0 Å². The van der Waals surface area contributed by atoms with Crippen LogP contribution < -0.4 is 4.74 Å². The fourth-order valence-corrected chi connectivity index (χ4v) is 2.83. The van der Waals surface area contributed by atoms with Crippen LogP contribution in [0.5, 0.6) is 5.75 Å². The minimum Gasteiger partial charge on any atom is -0.486 e. The van der Waals surface area contributed by atoms with E-state index >= 15 is 0 Å². The number of rotatable bonds is 4. The number of hydrogen-bond acceptors (Lipinski definition) is 4. The summed E-state index contributed by atoms with van der Waals surface area (Å²) in [4.78, 5) is 4.26. The van der Waals surface area contributed by atoms with Crippen molar-refractivity contribution in [3.63, 3.8) is 0 Å². The number of nitrogens with zero attached hydrogens (tertiary/aromatic N) is 4. The molecule has 0 N–H and O–H groups in total. The van der Waals surface area contributed by atoms with Crippen molar-refractivity contribution < 1.29 is 4.74 Å². The van der Waals surface area contributed by atoms with Gasteiger partial charge >= 0.3 is 0 Å². The Morgan fingerprint density at radius 2 is 2.00 bits per heavy atom. The molecule has 3 rings (SSSR count). The van der Waals surface area contributed by atoms with Gasteiger partial charge in [-0.3, -0.25) is 4.98 Å². The molecule has 0 atom stereocenters. The Bertz CT molecular complexity index is 809. The first-order valence-corrected chi connectivity index (χ1v) is 8.28. The Balaban J connectivity index is 1.85. The Hall–Kier alpha value is -1.95. The van der Waals surface area contributed by atoms with Gasteiger partial charge < -0.3 is 4.74 Å². The van der Waals surface area contributed by atoms with Gasteiger partial charge in [0.1, 0.15) is 17.9 Å². The number of halogens is 1. The zero-order valence-electron chi connectivity index (χ0n) is 13.5. The molecular formula is C17H19BrN4O. The number of ether oxygens (including phenoxy) is 1. The smallest absolute Gasteiger partial charge is 0.136 e. The third-order valence-electron chi connectivity index (χ3n) is 3.32. The standard InChI is InChI=1S/C17H19BrN4O/c1-17(2,3)11-22-13-7-8-14(15(18)16(13)20-21-22)23-10-12-6-4-5-9-19-12/h4-9H,10-11H2,1-3H3. The van der Waals surface area contributed by atoms with Crippen LogP contribution in [0.2, 0.25) is 0 Å². The summed E-state index contributed by atoms with van der Waals surface area (Å²) in [5, 5.41) is 8.56. The SMILES string of the molecule is CC(C)(C)Cn1nnc2c(Br)c(OCc3ccccn3)ccc21. The molecule has 0 bridgehead atoms. The van der Waals surface area contributed by atoms with Gasteiger partial charge in [-0.05, 0) is 45.6 Å². The highest BCUT2D eigenvalue weighted by molar-refractivity contribution is 9.10. The lowest BCUT2D eigenvalue weighted by atomic mass is 9.97. The number of hydrogen-bond donors (Lipinski definition) is 0. The van der Waals surface area contributed by atoms with Crippen molar-refractivity contribution in [1.82, 2.24) is 20.0 Å². The lowest BCUT2D eigenvalue weighted by molar-refractivity contribution is 0.300. The Morgan fingerprint density at radius 1 is 1.17 bits per heavy atom. The summed E-state index contributed by atoms with van der Waals surface area (Å²) < 4.78 is 8.61. The normalized spacial score (nSPS) is 11.8. The second kappa shape index (κ2) is 6.28. The molecule has 0 amide bonds. The van der Waals surface area contributed by atoms with Crippen LogP contribution in [-0.2, 0) is 13.2 Å². The molecule has 23 heavy (non-hydrogen) atoms. The summed E-state index contributed by atoms with van der Waals surface area (Å²) in [5.41, 5.74) is 2.84. The van der Waals surface area contributed by atoms with Crippen molar-refractivity contribution in [2.75, 3.05) is 0 Å². The van der Waals surface area contributed by atoms with Crippen molar-refractivity contribution in [3.05, 3.63) is 46.7 Å². The molecular weight excluding hydrogens is 356 g/mol. The molecule has 0 aliphatic carbocycles. The molecule has 0 fully saturated rings. The van der Waals surface area contributed by atoms with Gasteiger partial charge in [-0.15, -0.1) is 5.10 Å². The van der Waals surface area contributed by atoms with E-state index in [2.05, 4.69) is 52.0 Å². The third kappa shape index (κ3) is 3.69. The molecule has 0 aliphatic heterocycles. The summed E-state index contributed by atoms with van der Waals surface area (Å²) in [6.07, 6.45) is 1.76. The Morgan fingerprint density at radius 3 is 2.70 bits per heavy atom. The van der Waals surface area contributed by atoms with Gasteiger partial charge in [0, 0.05) is 12.7 Å². The van der Waals surface area contributed by atoms with Gasteiger partial charge in [0.05, 0.1) is 15.7 Å². The molecule has 0 spiro atoms. The van der Waals surface area contributed by atoms with Crippen molar-refractivity contribution in [2.24, 2.45) is 5.41 Å². The number of benzene rings is 1. The first-order valence-electron chi connectivity index (χ1n) is 7.48. The van der Waals surface area contributed by atoms with Crippen LogP contribution in [0.1, 0.15) is 26.5 Å². The van der Waals surface area contributed by atoms with Crippen molar-refractivity contribution >= 4 is 27.0 Å². The Labute approximate surface area is 143 Å². The molecule has 0 unspecified atom stereocenters. The van der Waals surface area contributed by atoms with Crippen LogP contribution in [0.15, 0.2) is 41.0 Å². The van der Waals surface area contributed by atoms with E-state index in [1.165, 1.54) is 0 Å². The number of aromatic nitrogens is 4. The summed E-state index contributed by atoms with van der Waals surface area (Å²) in [6.45, 7) is 7.77. The maximum absolute atomic E-state index is 5.85. The predicted octanol–water partition coefficient (Wildman–Crippen LogP) is 4.21. The Kier molecular flexibility index (Phi) is 4.35. The van der Waals surface area contributed by atoms with E-state index in [0.717, 1.165) is 33.5 Å².